The molecule has 3 aliphatic rings. The topological polar surface area (TPSA) is 14.2 Å². The first-order valence-electron chi connectivity index (χ1n) is 10.7. The van der Waals surface area contributed by atoms with Crippen molar-refractivity contribution < 1.29 is 4.74 Å². The Balaban J connectivity index is 1.87. The molecule has 2 heteroatoms. The van der Waals surface area contributed by atoms with Crippen LogP contribution in [0.25, 0.3) is 21.8 Å². The zero-order chi connectivity index (χ0) is 19.6. The minimum atomic E-state index is -0.164. The predicted octanol–water partition coefficient (Wildman–Crippen LogP) is 6.54. The Morgan fingerprint density at radius 2 is 1.75 bits per heavy atom. The van der Waals surface area contributed by atoms with Gasteiger partial charge in [0.1, 0.15) is 11.4 Å². The van der Waals surface area contributed by atoms with Gasteiger partial charge in [-0.25, -0.2) is 0 Å². The number of aryl methyl sites for hydroxylation is 1. The van der Waals surface area contributed by atoms with Crippen LogP contribution in [-0.2, 0) is 5.54 Å². The summed E-state index contributed by atoms with van der Waals surface area (Å²) in [4.78, 5) is 0. The van der Waals surface area contributed by atoms with Crippen molar-refractivity contribution in [3.8, 4) is 5.75 Å². The number of hydrogen-bond donors (Lipinski definition) is 0. The second kappa shape index (κ2) is 4.84. The Morgan fingerprint density at radius 1 is 1.00 bits per heavy atom. The smallest absolute Gasteiger partial charge is 0.128 e. The molecular weight excluding hydrogens is 342 g/mol. The molecule has 0 saturated carbocycles. The number of rotatable bonds is 0. The molecule has 6 rings (SSSR count). The molecule has 1 aliphatic carbocycles. The monoisotopic (exact) mass is 371 g/mol. The van der Waals surface area contributed by atoms with E-state index in [4.69, 9.17) is 4.74 Å². The van der Waals surface area contributed by atoms with E-state index in [1.54, 1.807) is 0 Å². The molecule has 0 fully saturated rings. The highest BCUT2D eigenvalue weighted by molar-refractivity contribution is 6.11. The molecule has 28 heavy (non-hydrogen) atoms. The third kappa shape index (κ3) is 1.72. The summed E-state index contributed by atoms with van der Waals surface area (Å²) in [6.45, 7) is 14.1. The van der Waals surface area contributed by atoms with Crippen molar-refractivity contribution in [1.29, 1.82) is 0 Å². The average molecular weight is 372 g/mol. The molecule has 2 aromatic carbocycles. The van der Waals surface area contributed by atoms with E-state index < -0.39 is 0 Å². The summed E-state index contributed by atoms with van der Waals surface area (Å²) < 4.78 is 9.41. The van der Waals surface area contributed by atoms with Crippen LogP contribution < -0.4 is 4.74 Å². The van der Waals surface area contributed by atoms with E-state index in [1.807, 2.05) is 0 Å². The van der Waals surface area contributed by atoms with Gasteiger partial charge >= 0.3 is 0 Å². The van der Waals surface area contributed by atoms with Gasteiger partial charge in [0, 0.05) is 45.1 Å². The number of nitrogens with zero attached hydrogens (tertiary/aromatic N) is 1. The van der Waals surface area contributed by atoms with E-state index in [-0.39, 0.29) is 11.1 Å². The first-order valence-corrected chi connectivity index (χ1v) is 10.7. The van der Waals surface area contributed by atoms with E-state index in [0.29, 0.717) is 23.7 Å². The van der Waals surface area contributed by atoms with Gasteiger partial charge in [-0.05, 0) is 58.2 Å². The van der Waals surface area contributed by atoms with Gasteiger partial charge in [0.25, 0.3) is 0 Å². The third-order valence-corrected chi connectivity index (χ3v) is 7.99. The van der Waals surface area contributed by atoms with Crippen LogP contribution in [0.15, 0.2) is 42.5 Å². The zero-order valence-corrected chi connectivity index (χ0v) is 17.7. The lowest BCUT2D eigenvalue weighted by Gasteiger charge is -2.57. The summed E-state index contributed by atoms with van der Waals surface area (Å²) in [5.41, 5.74) is 5.36. The maximum Gasteiger partial charge on any atom is 0.128 e. The molecule has 3 aromatic rings. The summed E-state index contributed by atoms with van der Waals surface area (Å²) in [5, 5.41) is 2.76. The van der Waals surface area contributed by atoms with Crippen molar-refractivity contribution in [1.82, 2.24) is 4.57 Å². The Kier molecular flexibility index (Phi) is 2.89. The average Bonchev–Trinajstić information content (AvgIpc) is 2.96. The van der Waals surface area contributed by atoms with Gasteiger partial charge in [-0.15, -0.1) is 0 Å². The SMILES string of the molecule is Cc1cc2c3ccccc3n3c2c2c1OC(C)(C)C1C(C)C=CC(C21)C3(C)C. The molecule has 0 spiro atoms. The highest BCUT2D eigenvalue weighted by atomic mass is 16.5. The number of para-hydroxylation sites is 1. The van der Waals surface area contributed by atoms with Crippen LogP contribution in [0.1, 0.15) is 51.7 Å². The third-order valence-electron chi connectivity index (χ3n) is 7.99. The number of hydrogen-bond acceptors (Lipinski definition) is 1. The summed E-state index contributed by atoms with van der Waals surface area (Å²) in [6, 6.07) is 11.3. The van der Waals surface area contributed by atoms with Crippen LogP contribution in [0, 0.1) is 24.7 Å². The molecule has 4 atom stereocenters. The normalized spacial score (nSPS) is 31.2. The van der Waals surface area contributed by atoms with E-state index in [0.717, 1.165) is 5.75 Å². The van der Waals surface area contributed by atoms with Crippen molar-refractivity contribution in [2.75, 3.05) is 0 Å². The van der Waals surface area contributed by atoms with Crippen molar-refractivity contribution in [3.05, 3.63) is 53.6 Å². The van der Waals surface area contributed by atoms with Crippen LogP contribution in [0.3, 0.4) is 0 Å². The van der Waals surface area contributed by atoms with Crippen molar-refractivity contribution in [3.63, 3.8) is 0 Å². The molecule has 144 valence electrons. The second-order valence-corrected chi connectivity index (χ2v) is 10.4. The first kappa shape index (κ1) is 16.7. The highest BCUT2D eigenvalue weighted by Crippen LogP contribution is 2.63. The van der Waals surface area contributed by atoms with E-state index in [1.165, 1.54) is 32.9 Å². The standard InChI is InChI=1S/C26H29NO/c1-14-11-12-18-20-21-23-17(13-15(2)24(21)28-26(5,6)22(14)20)16-9-7-8-10-19(16)27(23)25(18,3)4/h7-14,18,20,22H,1-6H3. The van der Waals surface area contributed by atoms with Gasteiger partial charge in [-0.3, -0.25) is 0 Å². The number of fused-ring (bicyclic) bond motifs is 3. The molecule has 0 radical (unpaired) electrons. The molecule has 0 bridgehead atoms. The second-order valence-electron chi connectivity index (χ2n) is 10.4. The quantitative estimate of drug-likeness (QED) is 0.409. The Hall–Kier alpha value is -2.22. The Labute approximate surface area is 167 Å². The molecule has 2 nitrogen and oxygen atoms in total. The van der Waals surface area contributed by atoms with Crippen molar-refractivity contribution in [2.45, 2.75) is 58.6 Å². The molecular formula is C26H29NO. The molecule has 3 heterocycles. The minimum absolute atomic E-state index is 0.0217. The lowest BCUT2D eigenvalue weighted by Crippen LogP contribution is -2.55. The fourth-order valence-corrected chi connectivity index (χ4v) is 6.99. The first-order chi connectivity index (χ1) is 13.2. The van der Waals surface area contributed by atoms with Gasteiger partial charge in [-0.1, -0.05) is 37.3 Å². The maximum absolute atomic E-state index is 6.79. The fraction of sp³-hybridized carbons (Fsp3) is 0.462. The Morgan fingerprint density at radius 3 is 2.54 bits per heavy atom. The molecule has 2 aliphatic heterocycles. The minimum Gasteiger partial charge on any atom is -0.487 e. The Bertz CT molecular complexity index is 1190. The summed E-state index contributed by atoms with van der Waals surface area (Å²) in [5.74, 6) is 3.14. The molecule has 0 N–H and O–H groups in total. The summed E-state index contributed by atoms with van der Waals surface area (Å²) in [6.07, 6.45) is 4.97. The summed E-state index contributed by atoms with van der Waals surface area (Å²) >= 11 is 0. The lowest BCUT2D eigenvalue weighted by molar-refractivity contribution is -0.0339. The molecule has 4 unspecified atom stereocenters. The fourth-order valence-electron chi connectivity index (χ4n) is 6.99. The van der Waals surface area contributed by atoms with E-state index >= 15 is 0 Å². The number of ether oxygens (including phenoxy) is 1. The van der Waals surface area contributed by atoms with Crippen LogP contribution in [0.4, 0.5) is 0 Å². The predicted molar refractivity (Wildman–Crippen MR) is 116 cm³/mol. The highest BCUT2D eigenvalue weighted by Gasteiger charge is 2.56. The van der Waals surface area contributed by atoms with E-state index in [9.17, 15) is 0 Å². The van der Waals surface area contributed by atoms with Crippen LogP contribution >= 0.6 is 0 Å². The lowest BCUT2D eigenvalue weighted by atomic mass is 9.56. The maximum atomic E-state index is 6.79. The van der Waals surface area contributed by atoms with Crippen LogP contribution in [0.2, 0.25) is 0 Å². The van der Waals surface area contributed by atoms with Crippen molar-refractivity contribution >= 4 is 21.8 Å². The zero-order valence-electron chi connectivity index (χ0n) is 17.7. The largest absolute Gasteiger partial charge is 0.487 e. The van der Waals surface area contributed by atoms with Crippen LogP contribution in [-0.4, -0.2) is 10.2 Å². The van der Waals surface area contributed by atoms with Crippen LogP contribution in [0.5, 0.6) is 5.75 Å². The van der Waals surface area contributed by atoms with Gasteiger partial charge < -0.3 is 9.30 Å². The van der Waals surface area contributed by atoms with Crippen molar-refractivity contribution in [2.24, 2.45) is 17.8 Å². The number of allylic oxidation sites excluding steroid dienone is 2. The number of benzene rings is 2. The molecule has 1 aromatic heterocycles. The van der Waals surface area contributed by atoms with E-state index in [2.05, 4.69) is 88.6 Å². The summed E-state index contributed by atoms with van der Waals surface area (Å²) in [7, 11) is 0. The molecule has 0 saturated heterocycles. The molecule has 0 amide bonds. The van der Waals surface area contributed by atoms with Gasteiger partial charge in [0.15, 0.2) is 0 Å². The van der Waals surface area contributed by atoms with Gasteiger partial charge in [0.2, 0.25) is 0 Å². The van der Waals surface area contributed by atoms with Gasteiger partial charge in [-0.2, -0.15) is 0 Å². The number of aromatic nitrogens is 1. The van der Waals surface area contributed by atoms with Gasteiger partial charge in [0.05, 0.1) is 5.52 Å².